The fourth-order valence-electron chi connectivity index (χ4n) is 3.66. The Morgan fingerprint density at radius 3 is 2.63 bits per heavy atom. The molecule has 1 aliphatic heterocycles. The average molecular weight is 416 g/mol. The van der Waals surface area contributed by atoms with Crippen molar-refractivity contribution in [2.24, 2.45) is 0 Å². The first-order valence-corrected chi connectivity index (χ1v) is 10.7. The molecule has 150 valence electrons. The number of hydrogen-bond donors (Lipinski definition) is 0. The number of nitrogens with zero attached hydrogens (tertiary/aromatic N) is 3. The molecule has 2 aromatic carbocycles. The fourth-order valence-corrected chi connectivity index (χ4v) is 4.58. The fraction of sp³-hybridized carbons (Fsp3) is 0.208. The zero-order chi connectivity index (χ0) is 21.3. The Morgan fingerprint density at radius 2 is 1.87 bits per heavy atom. The van der Waals surface area contributed by atoms with Crippen molar-refractivity contribution in [1.29, 1.82) is 5.26 Å². The zero-order valence-corrected chi connectivity index (χ0v) is 17.6. The lowest BCUT2D eigenvalue weighted by Crippen LogP contribution is -2.36. The molecule has 1 aromatic heterocycles. The minimum atomic E-state index is -0.231. The molecule has 5 nitrogen and oxygen atoms in total. The molecule has 0 N–H and O–H groups in total. The number of nitriles is 1. The molecular formula is C24H21N3O2S. The number of imide groups is 1. The van der Waals surface area contributed by atoms with E-state index in [1.807, 2.05) is 74.7 Å². The van der Waals surface area contributed by atoms with Crippen molar-refractivity contribution in [2.45, 2.75) is 32.9 Å². The molecule has 1 aliphatic rings. The highest BCUT2D eigenvalue weighted by Crippen LogP contribution is 2.35. The van der Waals surface area contributed by atoms with Gasteiger partial charge in [-0.15, -0.1) is 0 Å². The summed E-state index contributed by atoms with van der Waals surface area (Å²) >= 11 is 0.994. The first-order chi connectivity index (χ1) is 14.5. The van der Waals surface area contributed by atoms with E-state index >= 15 is 0 Å². The van der Waals surface area contributed by atoms with Crippen LogP contribution in [0.3, 0.4) is 0 Å². The van der Waals surface area contributed by atoms with Crippen LogP contribution in [0.15, 0.2) is 59.6 Å². The Bertz CT molecular complexity index is 1220. The monoisotopic (exact) mass is 415 g/mol. The first kappa shape index (κ1) is 20.0. The summed E-state index contributed by atoms with van der Waals surface area (Å²) in [6.07, 6.45) is 4.52. The van der Waals surface area contributed by atoms with Gasteiger partial charge in [-0.05, 0) is 48.9 Å². The van der Waals surface area contributed by atoms with E-state index in [4.69, 9.17) is 0 Å². The average Bonchev–Trinajstić information content (AvgIpc) is 3.25. The van der Waals surface area contributed by atoms with Crippen molar-refractivity contribution >= 4 is 39.9 Å². The van der Waals surface area contributed by atoms with E-state index in [9.17, 15) is 14.9 Å². The molecule has 2 heterocycles. The molecule has 1 saturated heterocycles. The Hall–Kier alpha value is -3.30. The molecule has 2 amide bonds. The van der Waals surface area contributed by atoms with Gasteiger partial charge in [-0.1, -0.05) is 43.3 Å². The number of carbonyl (C=O) groups excluding carboxylic acids is 2. The van der Waals surface area contributed by atoms with Gasteiger partial charge in [0.05, 0.1) is 16.5 Å². The van der Waals surface area contributed by atoms with Crippen LogP contribution in [0.2, 0.25) is 0 Å². The van der Waals surface area contributed by atoms with Gasteiger partial charge in [0.25, 0.3) is 11.1 Å². The summed E-state index contributed by atoms with van der Waals surface area (Å²) < 4.78 is 2.08. The number of rotatable bonds is 5. The van der Waals surface area contributed by atoms with Gasteiger partial charge in [-0.25, -0.2) is 0 Å². The predicted octanol–water partition coefficient (Wildman–Crippen LogP) is 5.40. The highest BCUT2D eigenvalue weighted by molar-refractivity contribution is 8.18. The second-order valence-electron chi connectivity index (χ2n) is 7.31. The van der Waals surface area contributed by atoms with Gasteiger partial charge in [0.2, 0.25) is 0 Å². The molecular weight excluding hydrogens is 394 g/mol. The van der Waals surface area contributed by atoms with Crippen molar-refractivity contribution in [3.8, 4) is 6.07 Å². The normalized spacial score (nSPS) is 16.4. The van der Waals surface area contributed by atoms with Crippen LogP contribution < -0.4 is 0 Å². The molecule has 3 aromatic rings. The van der Waals surface area contributed by atoms with Crippen molar-refractivity contribution in [1.82, 2.24) is 9.47 Å². The van der Waals surface area contributed by atoms with Crippen LogP contribution >= 0.6 is 11.8 Å². The minimum Gasteiger partial charge on any atom is -0.342 e. The molecule has 0 radical (unpaired) electrons. The van der Waals surface area contributed by atoms with Gasteiger partial charge in [0.15, 0.2) is 0 Å². The maximum Gasteiger partial charge on any atom is 0.293 e. The zero-order valence-electron chi connectivity index (χ0n) is 16.8. The largest absolute Gasteiger partial charge is 0.342 e. The van der Waals surface area contributed by atoms with E-state index in [1.165, 1.54) is 4.90 Å². The maximum atomic E-state index is 12.8. The van der Waals surface area contributed by atoms with E-state index in [0.29, 0.717) is 17.0 Å². The summed E-state index contributed by atoms with van der Waals surface area (Å²) in [5.41, 5.74) is 3.48. The molecule has 0 saturated carbocycles. The Labute approximate surface area is 179 Å². The van der Waals surface area contributed by atoms with Crippen LogP contribution in [-0.4, -0.2) is 26.7 Å². The van der Waals surface area contributed by atoms with Crippen molar-refractivity contribution < 1.29 is 9.59 Å². The lowest BCUT2D eigenvalue weighted by molar-refractivity contribution is -0.124. The molecule has 0 aliphatic carbocycles. The summed E-state index contributed by atoms with van der Waals surface area (Å²) in [4.78, 5) is 27.0. The van der Waals surface area contributed by atoms with Crippen molar-refractivity contribution in [2.75, 3.05) is 0 Å². The molecule has 1 fully saturated rings. The summed E-state index contributed by atoms with van der Waals surface area (Å²) in [5, 5.41) is 10.2. The molecule has 0 bridgehead atoms. The van der Waals surface area contributed by atoms with Gasteiger partial charge in [0, 0.05) is 35.2 Å². The molecule has 1 atom stereocenters. The van der Waals surface area contributed by atoms with E-state index in [0.717, 1.165) is 40.2 Å². The van der Waals surface area contributed by atoms with E-state index in [-0.39, 0.29) is 17.2 Å². The first-order valence-electron chi connectivity index (χ1n) is 9.86. The maximum absolute atomic E-state index is 12.8. The lowest BCUT2D eigenvalue weighted by atomic mass is 10.1. The second-order valence-corrected chi connectivity index (χ2v) is 8.30. The van der Waals surface area contributed by atoms with E-state index in [2.05, 4.69) is 10.6 Å². The molecule has 0 spiro atoms. The Morgan fingerprint density at radius 1 is 1.13 bits per heavy atom. The van der Waals surface area contributed by atoms with Crippen LogP contribution in [0.5, 0.6) is 0 Å². The highest BCUT2D eigenvalue weighted by atomic mass is 32.2. The number of para-hydroxylation sites is 1. The molecule has 30 heavy (non-hydrogen) atoms. The highest BCUT2D eigenvalue weighted by Gasteiger charge is 2.37. The van der Waals surface area contributed by atoms with Crippen LogP contribution in [0.1, 0.15) is 37.0 Å². The van der Waals surface area contributed by atoms with Gasteiger partial charge in [-0.3, -0.25) is 14.5 Å². The third-order valence-electron chi connectivity index (χ3n) is 5.44. The second kappa shape index (κ2) is 8.21. The number of amides is 2. The minimum absolute atomic E-state index is 0.118. The van der Waals surface area contributed by atoms with Crippen LogP contribution in [0, 0.1) is 11.3 Å². The number of fused-ring (bicyclic) bond motifs is 1. The third-order valence-corrected chi connectivity index (χ3v) is 6.32. The van der Waals surface area contributed by atoms with Gasteiger partial charge in [0.1, 0.15) is 0 Å². The summed E-state index contributed by atoms with van der Waals surface area (Å²) in [7, 11) is 0. The quantitative estimate of drug-likeness (QED) is 0.524. The van der Waals surface area contributed by atoms with Crippen LogP contribution in [0.4, 0.5) is 4.79 Å². The van der Waals surface area contributed by atoms with Gasteiger partial charge >= 0.3 is 0 Å². The predicted molar refractivity (Wildman–Crippen MR) is 120 cm³/mol. The third kappa shape index (κ3) is 3.53. The number of aromatic nitrogens is 1. The summed E-state index contributed by atoms with van der Waals surface area (Å²) in [5.74, 6) is -0.231. The number of thioether (sulfide) groups is 1. The summed E-state index contributed by atoms with van der Waals surface area (Å²) in [6, 6.07) is 17.6. The standard InChI is InChI=1S/C24H21N3O2S/c1-3-16(2)27-23(28)22(30-24(27)29)12-19-15-26(21-11-7-6-10-20(19)21)14-18-9-5-4-8-17(18)13-25/h4-12,15-16H,3,14H2,1-2H3/b22-12+/t16-/m1/s1. The van der Waals surface area contributed by atoms with Crippen molar-refractivity contribution in [3.63, 3.8) is 0 Å². The van der Waals surface area contributed by atoms with Gasteiger partial charge in [-0.2, -0.15) is 5.26 Å². The SMILES string of the molecule is CC[C@@H](C)N1C(=O)S/C(=C/c2cn(Cc3ccccc3C#N)c3ccccc23)C1=O. The Kier molecular flexibility index (Phi) is 5.47. The number of carbonyl (C=O) groups is 2. The van der Waals surface area contributed by atoms with Crippen LogP contribution in [-0.2, 0) is 11.3 Å². The molecule has 0 unspecified atom stereocenters. The topological polar surface area (TPSA) is 66.1 Å². The van der Waals surface area contributed by atoms with E-state index < -0.39 is 0 Å². The Balaban J connectivity index is 1.75. The van der Waals surface area contributed by atoms with E-state index in [1.54, 1.807) is 0 Å². The lowest BCUT2D eigenvalue weighted by Gasteiger charge is -2.19. The summed E-state index contributed by atoms with van der Waals surface area (Å²) in [6.45, 7) is 4.40. The van der Waals surface area contributed by atoms with Crippen LogP contribution in [0.25, 0.3) is 17.0 Å². The number of benzene rings is 2. The molecule has 4 rings (SSSR count). The van der Waals surface area contributed by atoms with Gasteiger partial charge < -0.3 is 4.57 Å². The smallest absolute Gasteiger partial charge is 0.293 e. The number of hydrogen-bond acceptors (Lipinski definition) is 4. The van der Waals surface area contributed by atoms with Crippen molar-refractivity contribution in [3.05, 3.63) is 76.3 Å². The molecule has 6 heteroatoms.